The van der Waals surface area contributed by atoms with Crippen molar-refractivity contribution in [1.82, 2.24) is 14.9 Å². The summed E-state index contributed by atoms with van der Waals surface area (Å²) in [6.45, 7) is 5.30. The molecule has 1 atom stereocenters. The number of nitrogens with zero attached hydrogens (tertiary/aromatic N) is 3. The summed E-state index contributed by atoms with van der Waals surface area (Å²) in [6, 6.07) is 2.33. The SMILES string of the molecule is CCc1nc(Br)cc(NC(C)CCN(C)C)n1. The van der Waals surface area contributed by atoms with E-state index in [0.29, 0.717) is 6.04 Å². The Morgan fingerprint density at radius 3 is 2.71 bits per heavy atom. The Labute approximate surface area is 112 Å². The molecule has 0 aliphatic carbocycles. The summed E-state index contributed by atoms with van der Waals surface area (Å²) in [5, 5.41) is 3.40. The van der Waals surface area contributed by atoms with Crippen LogP contribution in [-0.4, -0.2) is 41.5 Å². The van der Waals surface area contributed by atoms with Crippen molar-refractivity contribution in [2.24, 2.45) is 0 Å². The summed E-state index contributed by atoms with van der Waals surface area (Å²) in [5.41, 5.74) is 0. The molecule has 0 aliphatic heterocycles. The van der Waals surface area contributed by atoms with E-state index in [0.717, 1.165) is 35.6 Å². The number of aryl methyl sites for hydroxylation is 1. The molecular formula is C12H21BrN4. The first-order valence-electron chi connectivity index (χ1n) is 5.96. The van der Waals surface area contributed by atoms with Crippen molar-refractivity contribution in [3.63, 3.8) is 0 Å². The zero-order valence-corrected chi connectivity index (χ0v) is 12.6. The molecule has 0 radical (unpaired) electrons. The van der Waals surface area contributed by atoms with Gasteiger partial charge in [-0.05, 0) is 49.9 Å². The second-order valence-electron chi connectivity index (χ2n) is 4.48. The molecule has 1 heterocycles. The number of anilines is 1. The van der Waals surface area contributed by atoms with Gasteiger partial charge in [0.2, 0.25) is 0 Å². The van der Waals surface area contributed by atoms with E-state index in [2.05, 4.69) is 64.1 Å². The molecule has 1 unspecified atom stereocenters. The van der Waals surface area contributed by atoms with Crippen molar-refractivity contribution < 1.29 is 0 Å². The van der Waals surface area contributed by atoms with Gasteiger partial charge in [0.1, 0.15) is 16.2 Å². The molecule has 0 saturated heterocycles. The third kappa shape index (κ3) is 5.46. The zero-order chi connectivity index (χ0) is 12.8. The molecule has 17 heavy (non-hydrogen) atoms. The molecular weight excluding hydrogens is 280 g/mol. The molecule has 1 aromatic heterocycles. The lowest BCUT2D eigenvalue weighted by Crippen LogP contribution is -2.23. The Bertz CT molecular complexity index is 354. The molecule has 1 N–H and O–H groups in total. The van der Waals surface area contributed by atoms with Crippen molar-refractivity contribution in [3.8, 4) is 0 Å². The van der Waals surface area contributed by atoms with Crippen LogP contribution in [0, 0.1) is 0 Å². The van der Waals surface area contributed by atoms with Gasteiger partial charge in [0.25, 0.3) is 0 Å². The first kappa shape index (κ1) is 14.4. The largest absolute Gasteiger partial charge is 0.367 e. The summed E-state index contributed by atoms with van der Waals surface area (Å²) in [7, 11) is 4.17. The van der Waals surface area contributed by atoms with E-state index in [4.69, 9.17) is 0 Å². The summed E-state index contributed by atoms with van der Waals surface area (Å²) in [4.78, 5) is 10.9. The molecule has 0 aromatic carbocycles. The van der Waals surface area contributed by atoms with Crippen LogP contribution in [-0.2, 0) is 6.42 Å². The van der Waals surface area contributed by atoms with Crippen LogP contribution in [0.3, 0.4) is 0 Å². The average Bonchev–Trinajstić information content (AvgIpc) is 2.25. The number of aromatic nitrogens is 2. The van der Waals surface area contributed by atoms with Gasteiger partial charge in [0.15, 0.2) is 0 Å². The van der Waals surface area contributed by atoms with E-state index in [1.807, 2.05) is 6.07 Å². The fraction of sp³-hybridized carbons (Fsp3) is 0.667. The Balaban J connectivity index is 2.58. The van der Waals surface area contributed by atoms with Gasteiger partial charge in [-0.1, -0.05) is 6.92 Å². The molecule has 1 rings (SSSR count). The number of hydrogen-bond donors (Lipinski definition) is 1. The van der Waals surface area contributed by atoms with Gasteiger partial charge in [-0.2, -0.15) is 0 Å². The van der Waals surface area contributed by atoms with Gasteiger partial charge >= 0.3 is 0 Å². The normalized spacial score (nSPS) is 12.8. The number of nitrogens with one attached hydrogen (secondary N) is 1. The van der Waals surface area contributed by atoms with E-state index in [1.54, 1.807) is 0 Å². The highest BCUT2D eigenvalue weighted by atomic mass is 79.9. The van der Waals surface area contributed by atoms with E-state index < -0.39 is 0 Å². The molecule has 5 heteroatoms. The van der Waals surface area contributed by atoms with Crippen LogP contribution in [0.25, 0.3) is 0 Å². The number of rotatable bonds is 6. The van der Waals surface area contributed by atoms with Crippen LogP contribution >= 0.6 is 15.9 Å². The highest BCUT2D eigenvalue weighted by molar-refractivity contribution is 9.10. The van der Waals surface area contributed by atoms with Gasteiger partial charge in [-0.25, -0.2) is 9.97 Å². The van der Waals surface area contributed by atoms with Gasteiger partial charge in [-0.15, -0.1) is 0 Å². The quantitative estimate of drug-likeness (QED) is 0.820. The second kappa shape index (κ2) is 6.91. The van der Waals surface area contributed by atoms with Crippen LogP contribution in [0.4, 0.5) is 5.82 Å². The Morgan fingerprint density at radius 2 is 2.12 bits per heavy atom. The number of hydrogen-bond acceptors (Lipinski definition) is 4. The maximum Gasteiger partial charge on any atom is 0.131 e. The molecule has 1 aromatic rings. The van der Waals surface area contributed by atoms with E-state index in [9.17, 15) is 0 Å². The lowest BCUT2D eigenvalue weighted by Gasteiger charge is -2.17. The van der Waals surface area contributed by atoms with Crippen LogP contribution in [0.5, 0.6) is 0 Å². The maximum absolute atomic E-state index is 4.45. The van der Waals surface area contributed by atoms with Crippen molar-refractivity contribution >= 4 is 21.7 Å². The zero-order valence-electron chi connectivity index (χ0n) is 11.0. The summed E-state index contributed by atoms with van der Waals surface area (Å²) < 4.78 is 0.839. The van der Waals surface area contributed by atoms with Crippen molar-refractivity contribution in [1.29, 1.82) is 0 Å². The first-order chi connectivity index (χ1) is 8.01. The second-order valence-corrected chi connectivity index (χ2v) is 5.30. The molecule has 0 amide bonds. The third-order valence-electron chi connectivity index (χ3n) is 2.46. The molecule has 0 aliphatic rings. The minimum Gasteiger partial charge on any atom is -0.367 e. The Hall–Kier alpha value is -0.680. The standard InChI is InChI=1S/C12H21BrN4/c1-5-11-15-10(13)8-12(16-11)14-9(2)6-7-17(3)4/h8-9H,5-7H2,1-4H3,(H,14,15,16). The third-order valence-corrected chi connectivity index (χ3v) is 2.87. The average molecular weight is 301 g/mol. The lowest BCUT2D eigenvalue weighted by molar-refractivity contribution is 0.390. The minimum atomic E-state index is 0.406. The highest BCUT2D eigenvalue weighted by Gasteiger charge is 2.06. The fourth-order valence-electron chi connectivity index (χ4n) is 1.47. The monoisotopic (exact) mass is 300 g/mol. The first-order valence-corrected chi connectivity index (χ1v) is 6.75. The Kier molecular flexibility index (Phi) is 5.85. The molecule has 0 bridgehead atoms. The van der Waals surface area contributed by atoms with Crippen LogP contribution in [0.2, 0.25) is 0 Å². The van der Waals surface area contributed by atoms with Crippen LogP contribution < -0.4 is 5.32 Å². The van der Waals surface area contributed by atoms with E-state index in [1.165, 1.54) is 0 Å². The van der Waals surface area contributed by atoms with Crippen LogP contribution in [0.15, 0.2) is 10.7 Å². The molecule has 0 spiro atoms. The van der Waals surface area contributed by atoms with Gasteiger partial charge in [0.05, 0.1) is 0 Å². The summed E-state index contributed by atoms with van der Waals surface area (Å²) >= 11 is 3.41. The molecule has 96 valence electrons. The van der Waals surface area contributed by atoms with Crippen LogP contribution in [0.1, 0.15) is 26.1 Å². The van der Waals surface area contributed by atoms with Gasteiger partial charge in [-0.3, -0.25) is 0 Å². The maximum atomic E-state index is 4.45. The van der Waals surface area contributed by atoms with E-state index in [-0.39, 0.29) is 0 Å². The number of halogens is 1. The van der Waals surface area contributed by atoms with Crippen molar-refractivity contribution in [3.05, 3.63) is 16.5 Å². The minimum absolute atomic E-state index is 0.406. The van der Waals surface area contributed by atoms with Gasteiger partial charge in [0, 0.05) is 18.5 Å². The summed E-state index contributed by atoms with van der Waals surface area (Å²) in [6.07, 6.45) is 1.94. The van der Waals surface area contributed by atoms with Gasteiger partial charge < -0.3 is 10.2 Å². The molecule has 0 saturated carbocycles. The Morgan fingerprint density at radius 1 is 1.41 bits per heavy atom. The van der Waals surface area contributed by atoms with E-state index >= 15 is 0 Å². The molecule has 4 nitrogen and oxygen atoms in total. The topological polar surface area (TPSA) is 41.1 Å². The predicted molar refractivity (Wildman–Crippen MR) is 75.4 cm³/mol. The smallest absolute Gasteiger partial charge is 0.131 e. The summed E-state index contributed by atoms with van der Waals surface area (Å²) in [5.74, 6) is 1.76. The lowest BCUT2D eigenvalue weighted by atomic mass is 10.2. The highest BCUT2D eigenvalue weighted by Crippen LogP contribution is 2.14. The fourth-order valence-corrected chi connectivity index (χ4v) is 1.89. The van der Waals surface area contributed by atoms with Crippen molar-refractivity contribution in [2.45, 2.75) is 32.7 Å². The van der Waals surface area contributed by atoms with Crippen molar-refractivity contribution in [2.75, 3.05) is 26.0 Å². The molecule has 0 fully saturated rings. The predicted octanol–water partition coefficient (Wildman–Crippen LogP) is 2.55.